The summed E-state index contributed by atoms with van der Waals surface area (Å²) in [7, 11) is 0. The Bertz CT molecular complexity index is 345. The third-order valence-electron chi connectivity index (χ3n) is 2.62. The molecule has 0 heterocycles. The maximum atomic E-state index is 3.95. The predicted molar refractivity (Wildman–Crippen MR) is 99.5 cm³/mol. The second-order valence-corrected chi connectivity index (χ2v) is 5.08. The highest BCUT2D eigenvalue weighted by Gasteiger charge is 1.90. The monoisotopic (exact) mass is 289 g/mol. The summed E-state index contributed by atoms with van der Waals surface area (Å²) in [4.78, 5) is 0. The van der Waals surface area contributed by atoms with Gasteiger partial charge in [0.25, 0.3) is 0 Å². The van der Waals surface area contributed by atoms with Crippen molar-refractivity contribution >= 4 is 0 Å². The second-order valence-electron chi connectivity index (χ2n) is 5.08. The van der Waals surface area contributed by atoms with E-state index in [1.165, 1.54) is 25.7 Å². The molecule has 0 amide bonds. The molecular weight excluding hydrogens is 254 g/mol. The largest absolute Gasteiger partial charge is 0.386 e. The molecule has 0 aromatic carbocycles. The highest BCUT2D eigenvalue weighted by atomic mass is 14.9. The molecule has 120 valence electrons. The van der Waals surface area contributed by atoms with Gasteiger partial charge in [-0.2, -0.15) is 0 Å². The smallest absolute Gasteiger partial charge is 0.0267 e. The Hall–Kier alpha value is -1.50. The molecule has 0 aromatic heterocycles. The van der Waals surface area contributed by atoms with E-state index in [0.29, 0.717) is 0 Å². The minimum Gasteiger partial charge on any atom is -0.386 e. The SMILES string of the molecule is C=C(C)/C=C\CCCCCCNC(=C)/C=C\C(=C)C.CC. The van der Waals surface area contributed by atoms with E-state index in [1.807, 2.05) is 39.8 Å². The molecule has 21 heavy (non-hydrogen) atoms. The van der Waals surface area contributed by atoms with Gasteiger partial charge in [0.15, 0.2) is 0 Å². The highest BCUT2D eigenvalue weighted by molar-refractivity contribution is 5.21. The van der Waals surface area contributed by atoms with Gasteiger partial charge in [0, 0.05) is 12.2 Å². The van der Waals surface area contributed by atoms with Crippen LogP contribution in [-0.2, 0) is 0 Å². The van der Waals surface area contributed by atoms with Crippen molar-refractivity contribution in [2.45, 2.75) is 59.8 Å². The number of nitrogens with one attached hydrogen (secondary N) is 1. The first-order valence-corrected chi connectivity index (χ1v) is 8.11. The summed E-state index contributed by atoms with van der Waals surface area (Å²) in [5.74, 6) is 0. The minimum absolute atomic E-state index is 0.965. The van der Waals surface area contributed by atoms with E-state index in [4.69, 9.17) is 0 Å². The fraction of sp³-hybridized carbons (Fsp3) is 0.500. The maximum Gasteiger partial charge on any atom is 0.0267 e. The van der Waals surface area contributed by atoms with Crippen molar-refractivity contribution in [1.82, 2.24) is 5.32 Å². The van der Waals surface area contributed by atoms with Crippen molar-refractivity contribution in [3.8, 4) is 0 Å². The molecule has 0 rings (SSSR count). The molecule has 0 atom stereocenters. The summed E-state index contributed by atoms with van der Waals surface area (Å²) in [6.45, 7) is 20.6. The molecular formula is C20H35N. The number of allylic oxidation sites excluding steroid dienone is 6. The summed E-state index contributed by atoms with van der Waals surface area (Å²) in [5.41, 5.74) is 3.14. The van der Waals surface area contributed by atoms with E-state index in [1.54, 1.807) is 0 Å². The Kier molecular flexibility index (Phi) is 17.2. The van der Waals surface area contributed by atoms with Crippen LogP contribution in [0.3, 0.4) is 0 Å². The van der Waals surface area contributed by atoms with Gasteiger partial charge in [-0.25, -0.2) is 0 Å². The van der Waals surface area contributed by atoms with Crippen LogP contribution in [-0.4, -0.2) is 6.54 Å². The fourth-order valence-corrected chi connectivity index (χ4v) is 1.58. The van der Waals surface area contributed by atoms with Crippen molar-refractivity contribution in [2.75, 3.05) is 6.54 Å². The normalized spacial score (nSPS) is 10.3. The molecule has 1 heteroatoms. The Labute approximate surface area is 133 Å². The van der Waals surface area contributed by atoms with Gasteiger partial charge in [0.1, 0.15) is 0 Å². The molecule has 1 N–H and O–H groups in total. The first kappa shape index (κ1) is 21.8. The van der Waals surface area contributed by atoms with E-state index in [2.05, 4.69) is 37.2 Å². The average Bonchev–Trinajstić information content (AvgIpc) is 2.45. The van der Waals surface area contributed by atoms with Crippen LogP contribution >= 0.6 is 0 Å². The topological polar surface area (TPSA) is 12.0 Å². The van der Waals surface area contributed by atoms with Gasteiger partial charge in [-0.3, -0.25) is 0 Å². The maximum absolute atomic E-state index is 3.95. The Morgan fingerprint density at radius 3 is 1.95 bits per heavy atom. The Morgan fingerprint density at radius 2 is 1.38 bits per heavy atom. The molecule has 0 aliphatic heterocycles. The zero-order valence-electron chi connectivity index (χ0n) is 14.7. The van der Waals surface area contributed by atoms with Crippen molar-refractivity contribution < 1.29 is 0 Å². The lowest BCUT2D eigenvalue weighted by molar-refractivity contribution is 0.625. The fourth-order valence-electron chi connectivity index (χ4n) is 1.58. The number of unbranched alkanes of at least 4 members (excludes halogenated alkanes) is 4. The summed E-state index contributed by atoms with van der Waals surface area (Å²) < 4.78 is 0. The van der Waals surface area contributed by atoms with Crippen molar-refractivity contribution in [3.63, 3.8) is 0 Å². The van der Waals surface area contributed by atoms with Crippen LogP contribution in [0, 0.1) is 0 Å². The number of hydrogen-bond donors (Lipinski definition) is 1. The van der Waals surface area contributed by atoms with Gasteiger partial charge in [-0.1, -0.05) is 75.8 Å². The molecule has 0 spiro atoms. The summed E-state index contributed by atoms with van der Waals surface area (Å²) in [6, 6.07) is 0. The van der Waals surface area contributed by atoms with Crippen LogP contribution in [0.2, 0.25) is 0 Å². The molecule has 0 saturated heterocycles. The van der Waals surface area contributed by atoms with Gasteiger partial charge in [0.2, 0.25) is 0 Å². The molecule has 0 bridgehead atoms. The molecule has 0 saturated carbocycles. The van der Waals surface area contributed by atoms with E-state index in [-0.39, 0.29) is 0 Å². The summed E-state index contributed by atoms with van der Waals surface area (Å²) in [6.07, 6.45) is 14.4. The van der Waals surface area contributed by atoms with Crippen LogP contribution in [0.1, 0.15) is 59.8 Å². The third kappa shape index (κ3) is 21.0. The molecule has 0 aliphatic carbocycles. The lowest BCUT2D eigenvalue weighted by Gasteiger charge is -2.05. The van der Waals surface area contributed by atoms with Gasteiger partial charge in [-0.15, -0.1) is 0 Å². The van der Waals surface area contributed by atoms with Crippen LogP contribution in [0.15, 0.2) is 60.9 Å². The van der Waals surface area contributed by atoms with E-state index in [9.17, 15) is 0 Å². The summed E-state index contributed by atoms with van der Waals surface area (Å²) in [5, 5.41) is 3.31. The molecule has 0 aliphatic rings. The lowest BCUT2D eigenvalue weighted by atomic mass is 10.1. The van der Waals surface area contributed by atoms with Gasteiger partial charge in [-0.05, 0) is 39.2 Å². The van der Waals surface area contributed by atoms with Gasteiger partial charge in [0.05, 0.1) is 0 Å². The molecule has 0 unspecified atom stereocenters. The summed E-state index contributed by atoms with van der Waals surface area (Å²) >= 11 is 0. The Morgan fingerprint density at radius 1 is 0.810 bits per heavy atom. The van der Waals surface area contributed by atoms with Crippen LogP contribution in [0.25, 0.3) is 0 Å². The van der Waals surface area contributed by atoms with E-state index in [0.717, 1.165) is 29.8 Å². The van der Waals surface area contributed by atoms with Crippen molar-refractivity contribution in [1.29, 1.82) is 0 Å². The van der Waals surface area contributed by atoms with Crippen LogP contribution in [0.5, 0.6) is 0 Å². The standard InChI is InChI=1S/C18H29N.C2H6/c1-16(2)12-10-8-6-7-9-11-15-19-18(5)14-13-17(3)4;1-2/h10,12-14,19H,1,3,5-9,11,15H2,2,4H3;1-2H3/b12-10-,14-13-;. The van der Waals surface area contributed by atoms with Gasteiger partial charge < -0.3 is 5.32 Å². The van der Waals surface area contributed by atoms with Crippen LogP contribution in [0.4, 0.5) is 0 Å². The zero-order valence-corrected chi connectivity index (χ0v) is 14.7. The first-order chi connectivity index (χ1) is 10.0. The predicted octanol–water partition coefficient (Wildman–Crippen LogP) is 6.33. The molecule has 0 fully saturated rings. The molecule has 1 nitrogen and oxygen atoms in total. The Balaban J connectivity index is 0. The number of rotatable bonds is 11. The van der Waals surface area contributed by atoms with E-state index >= 15 is 0 Å². The highest BCUT2D eigenvalue weighted by Crippen LogP contribution is 2.04. The minimum atomic E-state index is 0.965. The number of hydrogen-bond acceptors (Lipinski definition) is 1. The third-order valence-corrected chi connectivity index (χ3v) is 2.62. The first-order valence-electron chi connectivity index (χ1n) is 8.11. The van der Waals surface area contributed by atoms with Crippen LogP contribution < -0.4 is 5.32 Å². The zero-order chi connectivity index (χ0) is 16.5. The second kappa shape index (κ2) is 16.6. The van der Waals surface area contributed by atoms with Gasteiger partial charge >= 0.3 is 0 Å². The van der Waals surface area contributed by atoms with Crippen molar-refractivity contribution in [3.05, 3.63) is 60.9 Å². The van der Waals surface area contributed by atoms with E-state index < -0.39 is 0 Å². The lowest BCUT2D eigenvalue weighted by Crippen LogP contribution is -2.12. The molecule has 0 radical (unpaired) electrons. The van der Waals surface area contributed by atoms with Crippen molar-refractivity contribution in [2.24, 2.45) is 0 Å². The average molecular weight is 290 g/mol. The molecule has 0 aromatic rings. The quantitative estimate of drug-likeness (QED) is 0.346.